The van der Waals surface area contributed by atoms with Gasteiger partial charge in [-0.3, -0.25) is 9.59 Å². The fourth-order valence-electron chi connectivity index (χ4n) is 4.62. The zero-order valence-corrected chi connectivity index (χ0v) is 17.0. The molecule has 1 aromatic carbocycles. The van der Waals surface area contributed by atoms with Crippen molar-refractivity contribution in [2.45, 2.75) is 63.8 Å². The van der Waals surface area contributed by atoms with Crippen molar-refractivity contribution < 1.29 is 9.59 Å². The van der Waals surface area contributed by atoms with Crippen LogP contribution >= 0.6 is 0 Å². The van der Waals surface area contributed by atoms with Gasteiger partial charge in [0.2, 0.25) is 5.91 Å². The summed E-state index contributed by atoms with van der Waals surface area (Å²) < 4.78 is 0. The Morgan fingerprint density at radius 1 is 1.10 bits per heavy atom. The summed E-state index contributed by atoms with van der Waals surface area (Å²) in [7, 11) is 0. The average molecular weight is 395 g/mol. The van der Waals surface area contributed by atoms with Crippen LogP contribution in [0.1, 0.15) is 56.9 Å². The van der Waals surface area contributed by atoms with Crippen molar-refractivity contribution in [3.8, 4) is 0 Å². The summed E-state index contributed by atoms with van der Waals surface area (Å²) in [5, 5.41) is 11.2. The molecule has 6 nitrogen and oxygen atoms in total. The van der Waals surface area contributed by atoms with Crippen LogP contribution in [-0.2, 0) is 16.0 Å². The van der Waals surface area contributed by atoms with Crippen LogP contribution in [0, 0.1) is 0 Å². The van der Waals surface area contributed by atoms with E-state index >= 15 is 0 Å². The Hall–Kier alpha value is -2.34. The molecular formula is C23H30N4O2. The van der Waals surface area contributed by atoms with E-state index in [9.17, 15) is 9.59 Å². The number of likely N-dealkylation sites (tertiary alicyclic amines) is 1. The minimum absolute atomic E-state index is 0.0481. The van der Waals surface area contributed by atoms with Gasteiger partial charge in [-0.15, -0.1) is 5.11 Å². The first-order chi connectivity index (χ1) is 14.2. The van der Waals surface area contributed by atoms with Crippen LogP contribution in [0.5, 0.6) is 0 Å². The standard InChI is InChI=1S/C23H30N4O2/c28-22(11-14-27-12-4-1-5-13-27)24-18-8-6-7-17(15-18)16-21-19-9-2-3-10-20(19)23(29)26-25-21/h6-8,15,21H,1-5,9-14,16H2,(H,24,28). The van der Waals surface area contributed by atoms with Crippen molar-refractivity contribution in [2.75, 3.05) is 25.0 Å². The molecule has 0 spiro atoms. The van der Waals surface area contributed by atoms with E-state index in [2.05, 4.69) is 26.5 Å². The molecule has 2 heterocycles. The Morgan fingerprint density at radius 2 is 1.93 bits per heavy atom. The summed E-state index contributed by atoms with van der Waals surface area (Å²) in [5.74, 6) is -0.0846. The van der Waals surface area contributed by atoms with Crippen molar-refractivity contribution in [2.24, 2.45) is 10.2 Å². The average Bonchev–Trinajstić information content (AvgIpc) is 2.75. The number of hydrogen-bond donors (Lipinski definition) is 1. The number of carbonyl (C=O) groups excluding carboxylic acids is 2. The van der Waals surface area contributed by atoms with Crippen LogP contribution in [0.25, 0.3) is 0 Å². The minimum Gasteiger partial charge on any atom is -0.326 e. The van der Waals surface area contributed by atoms with E-state index in [-0.39, 0.29) is 17.9 Å². The maximum absolute atomic E-state index is 12.4. The number of carbonyl (C=O) groups is 2. The Morgan fingerprint density at radius 3 is 2.79 bits per heavy atom. The number of nitrogens with zero attached hydrogens (tertiary/aromatic N) is 3. The summed E-state index contributed by atoms with van der Waals surface area (Å²) in [5.41, 5.74) is 3.99. The van der Waals surface area contributed by atoms with Crippen LogP contribution in [0.2, 0.25) is 0 Å². The molecule has 1 aromatic rings. The van der Waals surface area contributed by atoms with Crippen molar-refractivity contribution in [3.63, 3.8) is 0 Å². The van der Waals surface area contributed by atoms with E-state index in [0.29, 0.717) is 12.8 Å². The molecule has 0 bridgehead atoms. The molecule has 0 radical (unpaired) electrons. The number of benzene rings is 1. The number of amides is 2. The third-order valence-electron chi connectivity index (χ3n) is 6.20. The maximum Gasteiger partial charge on any atom is 0.291 e. The Labute approximate surface area is 172 Å². The molecule has 1 aliphatic carbocycles. The van der Waals surface area contributed by atoms with E-state index in [1.165, 1.54) is 24.8 Å². The van der Waals surface area contributed by atoms with Gasteiger partial charge in [0.1, 0.15) is 0 Å². The molecule has 0 aromatic heterocycles. The highest BCUT2D eigenvalue weighted by Gasteiger charge is 2.28. The first-order valence-corrected chi connectivity index (χ1v) is 11.0. The monoisotopic (exact) mass is 394 g/mol. The highest BCUT2D eigenvalue weighted by atomic mass is 16.2. The van der Waals surface area contributed by atoms with E-state index in [0.717, 1.165) is 62.1 Å². The Balaban J connectivity index is 1.35. The summed E-state index contributed by atoms with van der Waals surface area (Å²) >= 11 is 0. The molecule has 1 saturated heterocycles. The predicted molar refractivity (Wildman–Crippen MR) is 113 cm³/mol. The quantitative estimate of drug-likeness (QED) is 0.783. The van der Waals surface area contributed by atoms with Crippen molar-refractivity contribution in [1.82, 2.24) is 4.90 Å². The molecule has 1 N–H and O–H groups in total. The van der Waals surface area contributed by atoms with E-state index in [1.54, 1.807) is 0 Å². The zero-order valence-electron chi connectivity index (χ0n) is 17.0. The van der Waals surface area contributed by atoms with Gasteiger partial charge in [0.05, 0.1) is 6.04 Å². The van der Waals surface area contributed by atoms with Gasteiger partial charge in [-0.2, -0.15) is 5.11 Å². The van der Waals surface area contributed by atoms with Crippen LogP contribution in [-0.4, -0.2) is 42.4 Å². The van der Waals surface area contributed by atoms with Gasteiger partial charge in [0.15, 0.2) is 0 Å². The third kappa shape index (κ3) is 5.18. The van der Waals surface area contributed by atoms with E-state index < -0.39 is 0 Å². The fourth-order valence-corrected chi connectivity index (χ4v) is 4.62. The second kappa shape index (κ2) is 9.44. The molecule has 2 aliphatic heterocycles. The van der Waals surface area contributed by atoms with Gasteiger partial charge in [0, 0.05) is 30.6 Å². The molecule has 6 heteroatoms. The topological polar surface area (TPSA) is 74.1 Å². The lowest BCUT2D eigenvalue weighted by molar-refractivity contribution is -0.117. The van der Waals surface area contributed by atoms with Crippen molar-refractivity contribution >= 4 is 17.5 Å². The van der Waals surface area contributed by atoms with Gasteiger partial charge < -0.3 is 10.2 Å². The van der Waals surface area contributed by atoms with Crippen molar-refractivity contribution in [3.05, 3.63) is 41.0 Å². The van der Waals surface area contributed by atoms with Crippen LogP contribution in [0.3, 0.4) is 0 Å². The molecule has 1 atom stereocenters. The largest absolute Gasteiger partial charge is 0.326 e. The van der Waals surface area contributed by atoms with Gasteiger partial charge >= 0.3 is 0 Å². The smallest absolute Gasteiger partial charge is 0.291 e. The number of anilines is 1. The number of hydrogen-bond acceptors (Lipinski definition) is 4. The highest BCUT2D eigenvalue weighted by molar-refractivity contribution is 5.95. The molecule has 1 unspecified atom stereocenters. The summed E-state index contributed by atoms with van der Waals surface area (Å²) in [6.45, 7) is 3.05. The molecule has 4 rings (SSSR count). The van der Waals surface area contributed by atoms with Gasteiger partial charge in [-0.1, -0.05) is 18.6 Å². The molecule has 29 heavy (non-hydrogen) atoms. The number of piperidine rings is 1. The Bertz CT molecular complexity index is 824. The maximum atomic E-state index is 12.4. The van der Waals surface area contributed by atoms with Gasteiger partial charge in [-0.25, -0.2) is 0 Å². The van der Waals surface area contributed by atoms with E-state index in [4.69, 9.17) is 0 Å². The second-order valence-electron chi connectivity index (χ2n) is 8.35. The van der Waals surface area contributed by atoms with Crippen LogP contribution in [0.15, 0.2) is 45.6 Å². The molecule has 0 saturated carbocycles. The number of azo groups is 1. The fraction of sp³-hybridized carbons (Fsp3) is 0.565. The van der Waals surface area contributed by atoms with Crippen molar-refractivity contribution in [1.29, 1.82) is 0 Å². The van der Waals surface area contributed by atoms with Gasteiger partial charge in [0.25, 0.3) is 5.91 Å². The lowest BCUT2D eigenvalue weighted by Crippen LogP contribution is -2.32. The number of nitrogens with one attached hydrogen (secondary N) is 1. The van der Waals surface area contributed by atoms with Crippen LogP contribution in [0.4, 0.5) is 5.69 Å². The minimum atomic E-state index is -0.148. The zero-order chi connectivity index (χ0) is 20.1. The Kier molecular flexibility index (Phi) is 6.49. The molecule has 2 amide bonds. The predicted octanol–water partition coefficient (Wildman–Crippen LogP) is 4.28. The molecule has 3 aliphatic rings. The normalized spacial score (nSPS) is 22.5. The SMILES string of the molecule is O=C(CCN1CCCCC1)Nc1cccc(CC2N=NC(=O)C3=C2CCCC3)c1. The summed E-state index contributed by atoms with van der Waals surface area (Å²) in [6.07, 6.45) is 8.98. The highest BCUT2D eigenvalue weighted by Crippen LogP contribution is 2.33. The number of rotatable bonds is 6. The van der Waals surface area contributed by atoms with E-state index in [1.807, 2.05) is 18.2 Å². The van der Waals surface area contributed by atoms with Crippen LogP contribution < -0.4 is 5.32 Å². The lowest BCUT2D eigenvalue weighted by Gasteiger charge is -2.26. The third-order valence-corrected chi connectivity index (χ3v) is 6.20. The first-order valence-electron chi connectivity index (χ1n) is 11.0. The first kappa shape index (κ1) is 20.0. The van der Waals surface area contributed by atoms with Gasteiger partial charge in [-0.05, 0) is 74.9 Å². The summed E-state index contributed by atoms with van der Waals surface area (Å²) in [4.78, 5) is 26.8. The lowest BCUT2D eigenvalue weighted by atomic mass is 9.84. The second-order valence-corrected chi connectivity index (χ2v) is 8.35. The molecular weight excluding hydrogens is 364 g/mol. The summed E-state index contributed by atoms with van der Waals surface area (Å²) in [6, 6.07) is 7.93. The molecule has 154 valence electrons. The molecule has 1 fully saturated rings.